The molecule has 0 aliphatic carbocycles. The quantitative estimate of drug-likeness (QED) is 0.713. The number of aromatic nitrogens is 4. The number of fused-ring (bicyclic) bond motifs is 1. The Morgan fingerprint density at radius 2 is 2.15 bits per heavy atom. The maximum Gasteiger partial charge on any atom is 0.224 e. The summed E-state index contributed by atoms with van der Waals surface area (Å²) in [5, 5.41) is 13.4. The average Bonchev–Trinajstić information content (AvgIpc) is 2.82. The number of rotatable bonds is 2. The molecule has 0 spiro atoms. The standard InChI is InChI=1S/C12H16ClN5O2/c1-12(2,19)10-15-8-7(6-5-14-3-4-20-6)16-11(13)18-9(8)17-10/h6,14,19H,3-5H2,1-2H3,(H,15,16,17,18). The molecule has 1 aliphatic rings. The normalized spacial score (nSPS) is 20.5. The van der Waals surface area contributed by atoms with Crippen LogP contribution in [0.4, 0.5) is 0 Å². The fourth-order valence-corrected chi connectivity index (χ4v) is 2.33. The van der Waals surface area contributed by atoms with Gasteiger partial charge in [-0.15, -0.1) is 0 Å². The third kappa shape index (κ3) is 2.49. The maximum absolute atomic E-state index is 10.0. The van der Waals surface area contributed by atoms with Crippen LogP contribution >= 0.6 is 11.6 Å². The summed E-state index contributed by atoms with van der Waals surface area (Å²) in [5.74, 6) is 0.425. The number of hydrogen-bond acceptors (Lipinski definition) is 6. The highest BCUT2D eigenvalue weighted by Gasteiger charge is 2.26. The first-order valence-electron chi connectivity index (χ1n) is 6.43. The summed E-state index contributed by atoms with van der Waals surface area (Å²) in [4.78, 5) is 15.7. The summed E-state index contributed by atoms with van der Waals surface area (Å²) in [5.41, 5.74) is 0.664. The van der Waals surface area contributed by atoms with Gasteiger partial charge in [0.2, 0.25) is 5.28 Å². The van der Waals surface area contributed by atoms with Gasteiger partial charge < -0.3 is 20.1 Å². The molecule has 2 aromatic heterocycles. The number of halogens is 1. The van der Waals surface area contributed by atoms with Crippen LogP contribution in [0.1, 0.15) is 31.5 Å². The van der Waals surface area contributed by atoms with E-state index < -0.39 is 5.60 Å². The predicted molar refractivity (Wildman–Crippen MR) is 73.5 cm³/mol. The first-order valence-corrected chi connectivity index (χ1v) is 6.81. The van der Waals surface area contributed by atoms with Gasteiger partial charge in [0.25, 0.3) is 0 Å². The molecule has 2 aromatic rings. The minimum Gasteiger partial charge on any atom is -0.383 e. The van der Waals surface area contributed by atoms with Crippen LogP contribution in [-0.2, 0) is 10.3 Å². The van der Waals surface area contributed by atoms with Crippen molar-refractivity contribution in [1.29, 1.82) is 0 Å². The number of morpholine rings is 1. The summed E-state index contributed by atoms with van der Waals surface area (Å²) < 4.78 is 5.70. The van der Waals surface area contributed by atoms with E-state index in [0.717, 1.165) is 6.54 Å². The van der Waals surface area contributed by atoms with E-state index >= 15 is 0 Å². The zero-order valence-electron chi connectivity index (χ0n) is 11.3. The Bertz CT molecular complexity index is 631. The number of H-pyrrole nitrogens is 1. The second kappa shape index (κ2) is 4.92. The van der Waals surface area contributed by atoms with Crippen LogP contribution in [0.25, 0.3) is 11.2 Å². The van der Waals surface area contributed by atoms with E-state index in [-0.39, 0.29) is 11.4 Å². The first kappa shape index (κ1) is 13.7. The van der Waals surface area contributed by atoms with Gasteiger partial charge in [-0.1, -0.05) is 0 Å². The molecule has 0 aromatic carbocycles. The molecular weight excluding hydrogens is 282 g/mol. The number of ether oxygens (including phenoxy) is 1. The highest BCUT2D eigenvalue weighted by molar-refractivity contribution is 6.28. The molecule has 1 atom stereocenters. The highest BCUT2D eigenvalue weighted by Crippen LogP contribution is 2.27. The van der Waals surface area contributed by atoms with Gasteiger partial charge in [-0.05, 0) is 25.4 Å². The monoisotopic (exact) mass is 297 g/mol. The Morgan fingerprint density at radius 1 is 1.35 bits per heavy atom. The predicted octanol–water partition coefficient (Wildman–Crippen LogP) is 0.895. The van der Waals surface area contributed by atoms with Gasteiger partial charge >= 0.3 is 0 Å². The fraction of sp³-hybridized carbons (Fsp3) is 0.583. The lowest BCUT2D eigenvalue weighted by molar-refractivity contribution is 0.0258. The first-order chi connectivity index (χ1) is 9.45. The minimum atomic E-state index is -1.09. The van der Waals surface area contributed by atoms with Gasteiger partial charge in [0.15, 0.2) is 5.65 Å². The van der Waals surface area contributed by atoms with Gasteiger partial charge in [0.05, 0.1) is 6.61 Å². The Balaban J connectivity index is 2.12. The van der Waals surface area contributed by atoms with Gasteiger partial charge in [0, 0.05) is 13.1 Å². The zero-order valence-corrected chi connectivity index (χ0v) is 12.0. The van der Waals surface area contributed by atoms with Crippen molar-refractivity contribution in [3.8, 4) is 0 Å². The van der Waals surface area contributed by atoms with Gasteiger partial charge in [-0.25, -0.2) is 9.97 Å². The second-order valence-electron chi connectivity index (χ2n) is 5.28. The smallest absolute Gasteiger partial charge is 0.224 e. The molecule has 1 fully saturated rings. The third-order valence-corrected chi connectivity index (χ3v) is 3.33. The lowest BCUT2D eigenvalue weighted by Crippen LogP contribution is -2.34. The molecule has 3 rings (SSSR count). The van der Waals surface area contributed by atoms with E-state index in [2.05, 4.69) is 25.3 Å². The van der Waals surface area contributed by atoms with E-state index in [1.54, 1.807) is 13.8 Å². The molecule has 7 nitrogen and oxygen atoms in total. The molecule has 108 valence electrons. The number of nitrogens with zero attached hydrogens (tertiary/aromatic N) is 3. The van der Waals surface area contributed by atoms with E-state index in [4.69, 9.17) is 16.3 Å². The highest BCUT2D eigenvalue weighted by atomic mass is 35.5. The van der Waals surface area contributed by atoms with Crippen molar-refractivity contribution in [3.63, 3.8) is 0 Å². The Hall–Kier alpha value is -1.28. The summed E-state index contributed by atoms with van der Waals surface area (Å²) in [6.07, 6.45) is -0.207. The summed E-state index contributed by atoms with van der Waals surface area (Å²) in [6, 6.07) is 0. The number of imidazole rings is 1. The lowest BCUT2D eigenvalue weighted by Gasteiger charge is -2.23. The van der Waals surface area contributed by atoms with Crippen molar-refractivity contribution in [1.82, 2.24) is 25.3 Å². The van der Waals surface area contributed by atoms with E-state index in [0.29, 0.717) is 35.8 Å². The van der Waals surface area contributed by atoms with Crippen LogP contribution in [-0.4, -0.2) is 44.7 Å². The van der Waals surface area contributed by atoms with E-state index in [1.165, 1.54) is 0 Å². The molecule has 1 saturated heterocycles. The number of aromatic amines is 1. The van der Waals surface area contributed by atoms with Gasteiger partial charge in [-0.2, -0.15) is 4.98 Å². The van der Waals surface area contributed by atoms with Crippen molar-refractivity contribution in [3.05, 3.63) is 16.8 Å². The Morgan fingerprint density at radius 3 is 2.80 bits per heavy atom. The van der Waals surface area contributed by atoms with Crippen LogP contribution in [0.5, 0.6) is 0 Å². The average molecular weight is 298 g/mol. The Kier molecular flexibility index (Phi) is 3.37. The molecule has 1 unspecified atom stereocenters. The van der Waals surface area contributed by atoms with Crippen LogP contribution in [0, 0.1) is 0 Å². The number of aliphatic hydroxyl groups is 1. The minimum absolute atomic E-state index is 0.121. The van der Waals surface area contributed by atoms with Crippen molar-refractivity contribution in [2.24, 2.45) is 0 Å². The summed E-state index contributed by atoms with van der Waals surface area (Å²) in [7, 11) is 0. The zero-order chi connectivity index (χ0) is 14.3. The maximum atomic E-state index is 10.0. The third-order valence-electron chi connectivity index (χ3n) is 3.16. The SMILES string of the molecule is CC(C)(O)c1nc2nc(Cl)nc(C3CNCCO3)c2[nH]1. The van der Waals surface area contributed by atoms with Gasteiger partial charge in [-0.3, -0.25) is 0 Å². The second-order valence-corrected chi connectivity index (χ2v) is 5.62. The van der Waals surface area contributed by atoms with Crippen LogP contribution in [0.2, 0.25) is 5.28 Å². The fourth-order valence-electron chi connectivity index (χ4n) is 2.16. The van der Waals surface area contributed by atoms with Gasteiger partial charge in [0.1, 0.15) is 28.7 Å². The lowest BCUT2D eigenvalue weighted by atomic mass is 10.1. The van der Waals surface area contributed by atoms with E-state index in [1.807, 2.05) is 0 Å². The van der Waals surface area contributed by atoms with Crippen molar-refractivity contribution in [2.45, 2.75) is 25.6 Å². The van der Waals surface area contributed by atoms with Crippen molar-refractivity contribution < 1.29 is 9.84 Å². The molecular formula is C12H16ClN5O2. The molecule has 1 aliphatic heterocycles. The summed E-state index contributed by atoms with van der Waals surface area (Å²) in [6.45, 7) is 5.38. The summed E-state index contributed by atoms with van der Waals surface area (Å²) >= 11 is 5.95. The molecule has 0 bridgehead atoms. The van der Waals surface area contributed by atoms with Crippen LogP contribution in [0.15, 0.2) is 0 Å². The topological polar surface area (TPSA) is 96.0 Å². The molecule has 20 heavy (non-hydrogen) atoms. The van der Waals surface area contributed by atoms with E-state index in [9.17, 15) is 5.11 Å². The Labute approximate surface area is 120 Å². The van der Waals surface area contributed by atoms with Crippen molar-refractivity contribution in [2.75, 3.05) is 19.7 Å². The number of nitrogens with one attached hydrogen (secondary N) is 2. The molecule has 0 radical (unpaired) electrons. The molecule has 3 N–H and O–H groups in total. The molecule has 8 heteroatoms. The van der Waals surface area contributed by atoms with Crippen LogP contribution in [0.3, 0.4) is 0 Å². The number of hydrogen-bond donors (Lipinski definition) is 3. The van der Waals surface area contributed by atoms with Crippen molar-refractivity contribution >= 4 is 22.8 Å². The molecule has 0 amide bonds. The molecule has 3 heterocycles. The van der Waals surface area contributed by atoms with Crippen LogP contribution < -0.4 is 5.32 Å². The largest absolute Gasteiger partial charge is 0.383 e. The molecule has 0 saturated carbocycles.